The van der Waals surface area contributed by atoms with E-state index in [0.717, 1.165) is 12.8 Å². The molecule has 29 heavy (non-hydrogen) atoms. The first-order chi connectivity index (χ1) is 14.2. The van der Waals surface area contributed by atoms with Crippen molar-refractivity contribution in [3.63, 3.8) is 0 Å². The molecule has 0 bridgehead atoms. The Hall–Kier alpha value is -3.40. The van der Waals surface area contributed by atoms with Gasteiger partial charge in [0.05, 0.1) is 6.04 Å². The highest BCUT2D eigenvalue weighted by atomic mass is 16.2. The highest BCUT2D eigenvalue weighted by Gasteiger charge is 2.31. The van der Waals surface area contributed by atoms with Crippen molar-refractivity contribution in [3.05, 3.63) is 107 Å². The smallest absolute Gasteiger partial charge is 0.254 e. The number of carbonyl (C=O) groups is 2. The molecule has 4 heteroatoms. The van der Waals surface area contributed by atoms with Crippen LogP contribution in [0.4, 0.5) is 0 Å². The molecule has 0 unspecified atom stereocenters. The van der Waals surface area contributed by atoms with Crippen LogP contribution >= 0.6 is 0 Å². The van der Waals surface area contributed by atoms with Gasteiger partial charge in [0, 0.05) is 24.7 Å². The Morgan fingerprint density at radius 2 is 1.66 bits per heavy atom. The molecule has 3 aromatic rings. The van der Waals surface area contributed by atoms with Crippen molar-refractivity contribution in [2.45, 2.75) is 18.9 Å². The van der Waals surface area contributed by atoms with Crippen molar-refractivity contribution in [3.8, 4) is 0 Å². The number of hydrogen-bond donors (Lipinski definition) is 1. The standard InChI is InChI=1S/C25H24N2O2/c1-26-24(28)20-11-7-12-21(17-20)25(29)27-15-14-19-10-5-6-13-22(19)23(27)16-18-8-3-2-4-9-18/h2-13,17,23H,14-16H2,1H3,(H,26,28)/t23-/m1/s1. The third kappa shape index (κ3) is 3.92. The molecule has 4 rings (SSSR count). The third-order valence-corrected chi connectivity index (χ3v) is 5.54. The number of carbonyl (C=O) groups excluding carboxylic acids is 2. The van der Waals surface area contributed by atoms with E-state index < -0.39 is 0 Å². The number of nitrogens with zero attached hydrogens (tertiary/aromatic N) is 1. The maximum absolute atomic E-state index is 13.5. The van der Waals surface area contributed by atoms with E-state index in [-0.39, 0.29) is 17.9 Å². The number of hydrogen-bond acceptors (Lipinski definition) is 2. The van der Waals surface area contributed by atoms with Crippen LogP contribution in [0.25, 0.3) is 0 Å². The fraction of sp³-hybridized carbons (Fsp3) is 0.200. The van der Waals surface area contributed by atoms with E-state index in [0.29, 0.717) is 17.7 Å². The van der Waals surface area contributed by atoms with Gasteiger partial charge >= 0.3 is 0 Å². The molecule has 0 saturated heterocycles. The molecule has 146 valence electrons. The van der Waals surface area contributed by atoms with Crippen molar-refractivity contribution in [1.82, 2.24) is 10.2 Å². The van der Waals surface area contributed by atoms with E-state index >= 15 is 0 Å². The Kier molecular flexibility index (Phi) is 5.43. The van der Waals surface area contributed by atoms with E-state index in [4.69, 9.17) is 0 Å². The monoisotopic (exact) mass is 384 g/mol. The van der Waals surface area contributed by atoms with Crippen LogP contribution in [0.1, 0.15) is 43.4 Å². The van der Waals surface area contributed by atoms with Crippen LogP contribution in [0.5, 0.6) is 0 Å². The molecule has 1 aliphatic rings. The van der Waals surface area contributed by atoms with E-state index in [1.165, 1.54) is 16.7 Å². The minimum Gasteiger partial charge on any atom is -0.355 e. The lowest BCUT2D eigenvalue weighted by molar-refractivity contribution is 0.0660. The molecule has 0 aromatic heterocycles. The van der Waals surface area contributed by atoms with Crippen molar-refractivity contribution in [2.75, 3.05) is 13.6 Å². The van der Waals surface area contributed by atoms with Crippen molar-refractivity contribution in [2.24, 2.45) is 0 Å². The second-order valence-corrected chi connectivity index (χ2v) is 7.31. The number of rotatable bonds is 4. The van der Waals surface area contributed by atoms with Gasteiger partial charge in [-0.3, -0.25) is 9.59 Å². The van der Waals surface area contributed by atoms with Crippen LogP contribution in [-0.4, -0.2) is 30.3 Å². The molecule has 1 N–H and O–H groups in total. The van der Waals surface area contributed by atoms with Crippen molar-refractivity contribution < 1.29 is 9.59 Å². The molecule has 0 saturated carbocycles. The fourth-order valence-corrected chi connectivity index (χ4v) is 4.06. The summed E-state index contributed by atoms with van der Waals surface area (Å²) >= 11 is 0. The van der Waals surface area contributed by atoms with E-state index in [2.05, 4.69) is 35.6 Å². The summed E-state index contributed by atoms with van der Waals surface area (Å²) in [7, 11) is 1.59. The fourth-order valence-electron chi connectivity index (χ4n) is 4.06. The molecule has 4 nitrogen and oxygen atoms in total. The van der Waals surface area contributed by atoms with Gasteiger partial charge in [0.25, 0.3) is 11.8 Å². The Morgan fingerprint density at radius 1 is 0.931 bits per heavy atom. The van der Waals surface area contributed by atoms with Crippen LogP contribution in [0.2, 0.25) is 0 Å². The lowest BCUT2D eigenvalue weighted by atomic mass is 9.88. The first-order valence-electron chi connectivity index (χ1n) is 9.92. The van der Waals surface area contributed by atoms with Crippen LogP contribution < -0.4 is 5.32 Å². The van der Waals surface area contributed by atoms with E-state index in [1.807, 2.05) is 29.2 Å². The summed E-state index contributed by atoms with van der Waals surface area (Å²) in [6.45, 7) is 0.664. The zero-order valence-electron chi connectivity index (χ0n) is 16.5. The average Bonchev–Trinajstić information content (AvgIpc) is 2.79. The summed E-state index contributed by atoms with van der Waals surface area (Å²) in [6, 6.07) is 25.6. The lowest BCUT2D eigenvalue weighted by Crippen LogP contribution is -2.41. The first-order valence-corrected chi connectivity index (χ1v) is 9.92. The van der Waals surface area contributed by atoms with Crippen molar-refractivity contribution in [1.29, 1.82) is 0 Å². The van der Waals surface area contributed by atoms with Gasteiger partial charge in [-0.15, -0.1) is 0 Å². The van der Waals surface area contributed by atoms with Gasteiger partial charge in [-0.05, 0) is 47.7 Å². The highest BCUT2D eigenvalue weighted by molar-refractivity contribution is 5.99. The Bertz CT molecular complexity index is 1030. The first kappa shape index (κ1) is 18.9. The predicted molar refractivity (Wildman–Crippen MR) is 114 cm³/mol. The maximum atomic E-state index is 13.5. The molecule has 0 fully saturated rings. The van der Waals surface area contributed by atoms with Gasteiger partial charge in [-0.2, -0.15) is 0 Å². The van der Waals surface area contributed by atoms with Gasteiger partial charge in [0.2, 0.25) is 0 Å². The van der Waals surface area contributed by atoms with Crippen molar-refractivity contribution >= 4 is 11.8 Å². The Morgan fingerprint density at radius 3 is 2.45 bits per heavy atom. The van der Waals surface area contributed by atoms with Crippen LogP contribution in [-0.2, 0) is 12.8 Å². The van der Waals surface area contributed by atoms with Gasteiger partial charge in [0.1, 0.15) is 0 Å². The van der Waals surface area contributed by atoms with Crippen LogP contribution in [0, 0.1) is 0 Å². The van der Waals surface area contributed by atoms with Gasteiger partial charge in [0.15, 0.2) is 0 Å². The molecule has 1 aliphatic heterocycles. The zero-order chi connectivity index (χ0) is 20.2. The van der Waals surface area contributed by atoms with Gasteiger partial charge < -0.3 is 10.2 Å². The minimum atomic E-state index is -0.190. The summed E-state index contributed by atoms with van der Waals surface area (Å²) in [5.41, 5.74) is 4.75. The number of nitrogens with one attached hydrogen (secondary N) is 1. The third-order valence-electron chi connectivity index (χ3n) is 5.54. The molecule has 0 aliphatic carbocycles. The minimum absolute atomic E-state index is 0.0292. The second-order valence-electron chi connectivity index (χ2n) is 7.31. The van der Waals surface area contributed by atoms with Crippen LogP contribution in [0.15, 0.2) is 78.9 Å². The molecule has 0 radical (unpaired) electrons. The Balaban J connectivity index is 1.69. The molecule has 0 spiro atoms. The second kappa shape index (κ2) is 8.31. The van der Waals surface area contributed by atoms with Crippen LogP contribution in [0.3, 0.4) is 0 Å². The number of amides is 2. The zero-order valence-corrected chi connectivity index (χ0v) is 16.5. The average molecular weight is 384 g/mol. The predicted octanol–water partition coefficient (Wildman–Crippen LogP) is 4.03. The Labute approximate surface area is 171 Å². The topological polar surface area (TPSA) is 49.4 Å². The SMILES string of the molecule is CNC(=O)c1cccc(C(=O)N2CCc3ccccc3[C@H]2Cc2ccccc2)c1. The molecular formula is C25H24N2O2. The number of benzene rings is 3. The molecule has 1 atom stereocenters. The normalized spacial score (nSPS) is 15.5. The van der Waals surface area contributed by atoms with E-state index in [1.54, 1.807) is 31.3 Å². The number of fused-ring (bicyclic) bond motifs is 1. The molecule has 2 amide bonds. The largest absolute Gasteiger partial charge is 0.355 e. The van der Waals surface area contributed by atoms with Gasteiger partial charge in [-0.1, -0.05) is 60.7 Å². The van der Waals surface area contributed by atoms with Gasteiger partial charge in [-0.25, -0.2) is 0 Å². The molecule has 1 heterocycles. The highest BCUT2D eigenvalue weighted by Crippen LogP contribution is 2.33. The lowest BCUT2D eigenvalue weighted by Gasteiger charge is -2.38. The quantitative estimate of drug-likeness (QED) is 0.738. The summed E-state index contributed by atoms with van der Waals surface area (Å²) < 4.78 is 0. The molecular weight excluding hydrogens is 360 g/mol. The summed E-state index contributed by atoms with van der Waals surface area (Å²) in [5, 5.41) is 2.62. The summed E-state index contributed by atoms with van der Waals surface area (Å²) in [4.78, 5) is 27.4. The van der Waals surface area contributed by atoms with E-state index in [9.17, 15) is 9.59 Å². The summed E-state index contributed by atoms with van der Waals surface area (Å²) in [6.07, 6.45) is 1.60. The maximum Gasteiger partial charge on any atom is 0.254 e. The summed E-state index contributed by atoms with van der Waals surface area (Å²) in [5.74, 6) is -0.226. The molecule has 3 aromatic carbocycles.